The van der Waals surface area contributed by atoms with E-state index in [-0.39, 0.29) is 5.91 Å². The van der Waals surface area contributed by atoms with Crippen LogP contribution < -0.4 is 24.4 Å². The normalized spacial score (nSPS) is 13.4. The van der Waals surface area contributed by atoms with Crippen LogP contribution in [0, 0.1) is 0 Å². The van der Waals surface area contributed by atoms with Crippen LogP contribution in [0.4, 0.5) is 11.5 Å². The van der Waals surface area contributed by atoms with Crippen LogP contribution in [0.15, 0.2) is 48.5 Å². The topological polar surface area (TPSA) is 95.0 Å². The third-order valence-corrected chi connectivity index (χ3v) is 5.35. The van der Waals surface area contributed by atoms with E-state index in [1.807, 2.05) is 36.4 Å². The molecule has 1 aromatic heterocycles. The highest BCUT2D eigenvalue weighted by Crippen LogP contribution is 2.38. The molecule has 0 atom stereocenters. The van der Waals surface area contributed by atoms with Crippen molar-refractivity contribution in [3.05, 3.63) is 54.1 Å². The van der Waals surface area contributed by atoms with Crippen LogP contribution in [0.25, 0.3) is 11.3 Å². The molecule has 1 saturated heterocycles. The molecular formula is C24H26N4O5. The Kier molecular flexibility index (Phi) is 6.89. The van der Waals surface area contributed by atoms with E-state index in [9.17, 15) is 4.79 Å². The second-order valence-corrected chi connectivity index (χ2v) is 7.32. The zero-order valence-corrected chi connectivity index (χ0v) is 18.8. The van der Waals surface area contributed by atoms with Crippen LogP contribution in [0.3, 0.4) is 0 Å². The van der Waals surface area contributed by atoms with Crippen molar-refractivity contribution < 1.29 is 23.7 Å². The average Bonchev–Trinajstić information content (AvgIpc) is 2.88. The van der Waals surface area contributed by atoms with Crippen molar-refractivity contribution in [3.63, 3.8) is 0 Å². The number of amides is 1. The van der Waals surface area contributed by atoms with E-state index < -0.39 is 0 Å². The molecule has 4 rings (SSSR count). The number of ether oxygens (including phenoxy) is 4. The van der Waals surface area contributed by atoms with Crippen LogP contribution in [0.1, 0.15) is 10.4 Å². The van der Waals surface area contributed by atoms with Crippen molar-refractivity contribution in [2.45, 2.75) is 0 Å². The highest BCUT2D eigenvalue weighted by atomic mass is 16.5. The van der Waals surface area contributed by atoms with Gasteiger partial charge in [-0.2, -0.15) is 0 Å². The van der Waals surface area contributed by atoms with Crippen molar-refractivity contribution >= 4 is 17.4 Å². The monoisotopic (exact) mass is 450 g/mol. The summed E-state index contributed by atoms with van der Waals surface area (Å²) < 4.78 is 21.3. The lowest BCUT2D eigenvalue weighted by Gasteiger charge is -2.27. The quantitative estimate of drug-likeness (QED) is 0.586. The molecule has 0 saturated carbocycles. The summed E-state index contributed by atoms with van der Waals surface area (Å²) in [5.74, 6) is 1.81. The first-order valence-electron chi connectivity index (χ1n) is 10.5. The molecule has 2 aromatic carbocycles. The van der Waals surface area contributed by atoms with Crippen molar-refractivity contribution in [3.8, 4) is 28.5 Å². The molecule has 1 fully saturated rings. The lowest BCUT2D eigenvalue weighted by atomic mass is 10.1. The van der Waals surface area contributed by atoms with Crippen molar-refractivity contribution in [2.24, 2.45) is 0 Å². The van der Waals surface area contributed by atoms with E-state index in [2.05, 4.69) is 20.4 Å². The molecule has 0 aliphatic carbocycles. The molecule has 0 bridgehead atoms. The molecule has 33 heavy (non-hydrogen) atoms. The van der Waals surface area contributed by atoms with Gasteiger partial charge >= 0.3 is 0 Å². The summed E-state index contributed by atoms with van der Waals surface area (Å²) in [5.41, 5.74) is 2.70. The molecule has 0 spiro atoms. The van der Waals surface area contributed by atoms with Crippen molar-refractivity contribution in [2.75, 3.05) is 57.8 Å². The number of anilines is 2. The van der Waals surface area contributed by atoms with Crippen LogP contribution in [-0.4, -0.2) is 63.7 Å². The fourth-order valence-electron chi connectivity index (χ4n) is 3.58. The zero-order chi connectivity index (χ0) is 23.2. The van der Waals surface area contributed by atoms with Gasteiger partial charge in [0.25, 0.3) is 5.91 Å². The summed E-state index contributed by atoms with van der Waals surface area (Å²) in [6.45, 7) is 3.03. The minimum atomic E-state index is -0.295. The average molecular weight is 450 g/mol. The molecule has 1 aliphatic rings. The Morgan fingerprint density at radius 1 is 0.909 bits per heavy atom. The van der Waals surface area contributed by atoms with Crippen LogP contribution in [0.2, 0.25) is 0 Å². The molecule has 1 aliphatic heterocycles. The van der Waals surface area contributed by atoms with Gasteiger partial charge in [-0.1, -0.05) is 12.1 Å². The summed E-state index contributed by atoms with van der Waals surface area (Å²) >= 11 is 0. The smallest absolute Gasteiger partial charge is 0.255 e. The summed E-state index contributed by atoms with van der Waals surface area (Å²) in [6.07, 6.45) is 0. The Labute approximate surface area is 192 Å². The highest BCUT2D eigenvalue weighted by molar-refractivity contribution is 6.05. The molecule has 0 radical (unpaired) electrons. The third kappa shape index (κ3) is 4.98. The van der Waals surface area contributed by atoms with Gasteiger partial charge in [-0.25, -0.2) is 0 Å². The Morgan fingerprint density at radius 3 is 2.12 bits per heavy atom. The second kappa shape index (κ2) is 10.2. The number of nitrogens with one attached hydrogen (secondary N) is 1. The van der Waals surface area contributed by atoms with Gasteiger partial charge in [-0.05, 0) is 36.4 Å². The molecule has 9 nitrogen and oxygen atoms in total. The number of carbonyl (C=O) groups is 1. The summed E-state index contributed by atoms with van der Waals surface area (Å²) in [4.78, 5) is 14.9. The first kappa shape index (κ1) is 22.3. The fourth-order valence-corrected chi connectivity index (χ4v) is 3.58. The number of methoxy groups -OCH3 is 3. The predicted molar refractivity (Wildman–Crippen MR) is 125 cm³/mol. The van der Waals surface area contributed by atoms with Gasteiger partial charge in [-0.3, -0.25) is 4.79 Å². The largest absolute Gasteiger partial charge is 0.493 e. The summed E-state index contributed by atoms with van der Waals surface area (Å²) in [5, 5.41) is 11.6. The van der Waals surface area contributed by atoms with Gasteiger partial charge in [0, 0.05) is 29.9 Å². The van der Waals surface area contributed by atoms with E-state index in [0.717, 1.165) is 30.2 Å². The number of hydrogen-bond donors (Lipinski definition) is 1. The number of benzene rings is 2. The fraction of sp³-hybridized carbons (Fsp3) is 0.292. The SMILES string of the molecule is COc1cc(C(=O)Nc2ccc(-c3ccc(N4CCOCC4)nn3)cc2)cc(OC)c1OC. The Bertz CT molecular complexity index is 1070. The predicted octanol–water partition coefficient (Wildman–Crippen LogP) is 3.26. The number of nitrogens with zero attached hydrogens (tertiary/aromatic N) is 3. The standard InChI is InChI=1S/C24H26N4O5/c1-30-20-14-17(15-21(31-2)23(20)32-3)24(29)25-18-6-4-16(5-7-18)19-8-9-22(27-26-19)28-10-12-33-13-11-28/h4-9,14-15H,10-13H2,1-3H3,(H,25,29). The van der Waals surface area contributed by atoms with E-state index in [4.69, 9.17) is 18.9 Å². The van der Waals surface area contributed by atoms with Gasteiger partial charge in [0.05, 0.1) is 40.2 Å². The molecule has 0 unspecified atom stereocenters. The van der Waals surface area contributed by atoms with Crippen LogP contribution >= 0.6 is 0 Å². The molecular weight excluding hydrogens is 424 g/mol. The third-order valence-electron chi connectivity index (χ3n) is 5.35. The highest BCUT2D eigenvalue weighted by Gasteiger charge is 2.17. The van der Waals surface area contributed by atoms with Crippen LogP contribution in [0.5, 0.6) is 17.2 Å². The molecule has 1 N–H and O–H groups in total. The van der Waals surface area contributed by atoms with E-state index in [0.29, 0.717) is 41.7 Å². The zero-order valence-electron chi connectivity index (χ0n) is 18.8. The minimum Gasteiger partial charge on any atom is -0.493 e. The maximum atomic E-state index is 12.8. The minimum absolute atomic E-state index is 0.295. The number of rotatable bonds is 7. The first-order valence-corrected chi connectivity index (χ1v) is 10.5. The molecule has 1 amide bonds. The van der Waals surface area contributed by atoms with E-state index in [1.165, 1.54) is 21.3 Å². The maximum Gasteiger partial charge on any atom is 0.255 e. The van der Waals surface area contributed by atoms with Gasteiger partial charge in [0.15, 0.2) is 17.3 Å². The lowest BCUT2D eigenvalue weighted by molar-refractivity contribution is 0.102. The number of hydrogen-bond acceptors (Lipinski definition) is 8. The molecule has 9 heteroatoms. The molecule has 172 valence electrons. The summed E-state index contributed by atoms with van der Waals surface area (Å²) in [6, 6.07) is 14.6. The summed E-state index contributed by atoms with van der Waals surface area (Å²) in [7, 11) is 4.53. The van der Waals surface area contributed by atoms with E-state index in [1.54, 1.807) is 12.1 Å². The molecule has 3 aromatic rings. The number of carbonyl (C=O) groups excluding carboxylic acids is 1. The van der Waals surface area contributed by atoms with Gasteiger partial charge in [-0.15, -0.1) is 10.2 Å². The molecule has 2 heterocycles. The maximum absolute atomic E-state index is 12.8. The van der Waals surface area contributed by atoms with Gasteiger partial charge in [0.2, 0.25) is 5.75 Å². The second-order valence-electron chi connectivity index (χ2n) is 7.32. The Morgan fingerprint density at radius 2 is 1.58 bits per heavy atom. The van der Waals surface area contributed by atoms with Gasteiger partial charge in [0.1, 0.15) is 0 Å². The first-order chi connectivity index (χ1) is 16.1. The number of morpholine rings is 1. The Balaban J connectivity index is 1.46. The van der Waals surface area contributed by atoms with E-state index >= 15 is 0 Å². The lowest BCUT2D eigenvalue weighted by Crippen LogP contribution is -2.36. The number of aromatic nitrogens is 2. The van der Waals surface area contributed by atoms with Crippen molar-refractivity contribution in [1.29, 1.82) is 0 Å². The van der Waals surface area contributed by atoms with Crippen molar-refractivity contribution in [1.82, 2.24) is 10.2 Å². The Hall–Kier alpha value is -3.85. The van der Waals surface area contributed by atoms with Gasteiger partial charge < -0.3 is 29.2 Å². The van der Waals surface area contributed by atoms with Crippen LogP contribution in [-0.2, 0) is 4.74 Å².